The van der Waals surface area contributed by atoms with E-state index in [9.17, 15) is 22.0 Å². The number of carbonyl (C=O) groups excluding carboxylic acids is 1. The highest BCUT2D eigenvalue weighted by Gasteiger charge is 2.25. The number of sulfonamides is 1. The minimum atomic E-state index is -4.31. The highest BCUT2D eigenvalue weighted by atomic mass is 32.2. The molecule has 7 nitrogen and oxygen atoms in total. The second kappa shape index (κ2) is 11.3. The van der Waals surface area contributed by atoms with Crippen molar-refractivity contribution < 1.29 is 31.5 Å². The third kappa shape index (κ3) is 6.26. The molecule has 0 radical (unpaired) electrons. The first-order valence-electron chi connectivity index (χ1n) is 12.0. The molecule has 0 saturated heterocycles. The van der Waals surface area contributed by atoms with Crippen molar-refractivity contribution in [2.24, 2.45) is 5.73 Å². The fourth-order valence-electron chi connectivity index (χ4n) is 4.14. The first-order valence-corrected chi connectivity index (χ1v) is 13.4. The SMILES string of the molecule is CC(Oc1ccc(C(=O)NS(=O)(=O)c2ccc(CN)cc2)c(F)c1F)c1cccc(OC2CCCC2)c1. The van der Waals surface area contributed by atoms with Crippen LogP contribution in [0.15, 0.2) is 65.6 Å². The van der Waals surface area contributed by atoms with E-state index < -0.39 is 45.0 Å². The largest absolute Gasteiger partial charge is 0.490 e. The van der Waals surface area contributed by atoms with Gasteiger partial charge in [-0.05, 0) is 80.1 Å². The molecule has 1 atom stereocenters. The Morgan fingerprint density at radius 3 is 2.43 bits per heavy atom. The Labute approximate surface area is 214 Å². The Balaban J connectivity index is 1.46. The quantitative estimate of drug-likeness (QED) is 0.403. The third-order valence-electron chi connectivity index (χ3n) is 6.22. The van der Waals surface area contributed by atoms with Crippen LogP contribution >= 0.6 is 0 Å². The smallest absolute Gasteiger partial charge is 0.268 e. The molecule has 0 heterocycles. The molecule has 0 bridgehead atoms. The summed E-state index contributed by atoms with van der Waals surface area (Å²) in [4.78, 5) is 12.3. The van der Waals surface area contributed by atoms with Gasteiger partial charge in [0.2, 0.25) is 5.82 Å². The van der Waals surface area contributed by atoms with Gasteiger partial charge in [-0.15, -0.1) is 0 Å². The van der Waals surface area contributed by atoms with E-state index in [2.05, 4.69) is 0 Å². The van der Waals surface area contributed by atoms with E-state index in [1.807, 2.05) is 6.07 Å². The number of rotatable bonds is 9. The standard InChI is InChI=1S/C27H28F2N2O5S/c1-17(19-5-4-8-21(15-19)36-20-6-2-3-7-20)35-24-14-13-23(25(28)26(24)29)27(32)31-37(33,34)22-11-9-18(16-30)10-12-22/h4-5,8-15,17,20H,2-3,6-7,16,30H2,1H3,(H,31,32). The molecule has 10 heteroatoms. The van der Waals surface area contributed by atoms with Crippen LogP contribution in [0, 0.1) is 11.6 Å². The van der Waals surface area contributed by atoms with E-state index in [-0.39, 0.29) is 17.5 Å². The number of nitrogens with one attached hydrogen (secondary N) is 1. The normalized spacial score (nSPS) is 14.8. The van der Waals surface area contributed by atoms with Crippen LogP contribution in [0.5, 0.6) is 11.5 Å². The number of hydrogen-bond acceptors (Lipinski definition) is 6. The molecular formula is C27H28F2N2O5S. The average Bonchev–Trinajstić information content (AvgIpc) is 3.39. The first kappa shape index (κ1) is 26.6. The molecule has 3 aromatic carbocycles. The van der Waals surface area contributed by atoms with Gasteiger partial charge in [-0.25, -0.2) is 17.5 Å². The Morgan fingerprint density at radius 1 is 1.05 bits per heavy atom. The van der Waals surface area contributed by atoms with Crippen molar-refractivity contribution >= 4 is 15.9 Å². The van der Waals surface area contributed by atoms with Crippen LogP contribution in [-0.2, 0) is 16.6 Å². The lowest BCUT2D eigenvalue weighted by Crippen LogP contribution is -2.31. The Morgan fingerprint density at radius 2 is 1.76 bits per heavy atom. The number of benzene rings is 3. The Hall–Kier alpha value is -3.50. The zero-order valence-electron chi connectivity index (χ0n) is 20.2. The third-order valence-corrected chi connectivity index (χ3v) is 7.57. The molecule has 196 valence electrons. The molecule has 1 aliphatic rings. The van der Waals surface area contributed by atoms with Crippen molar-refractivity contribution in [2.45, 2.75) is 56.3 Å². The summed E-state index contributed by atoms with van der Waals surface area (Å²) in [6, 6.07) is 14.8. The van der Waals surface area contributed by atoms with E-state index >= 15 is 0 Å². The molecule has 0 spiro atoms. The lowest BCUT2D eigenvalue weighted by molar-refractivity contribution is 0.0976. The summed E-state index contributed by atoms with van der Waals surface area (Å²) in [5.41, 5.74) is 6.11. The van der Waals surface area contributed by atoms with Gasteiger partial charge in [0.25, 0.3) is 15.9 Å². The summed E-state index contributed by atoms with van der Waals surface area (Å²) >= 11 is 0. The second-order valence-corrected chi connectivity index (χ2v) is 10.6. The van der Waals surface area contributed by atoms with Gasteiger partial charge in [0.1, 0.15) is 11.9 Å². The fraction of sp³-hybridized carbons (Fsp3) is 0.296. The van der Waals surface area contributed by atoms with Crippen LogP contribution in [0.4, 0.5) is 8.78 Å². The predicted octanol–water partition coefficient (Wildman–Crippen LogP) is 5.00. The summed E-state index contributed by atoms with van der Waals surface area (Å²) in [5.74, 6) is -3.96. The van der Waals surface area contributed by atoms with E-state index in [0.29, 0.717) is 16.9 Å². The van der Waals surface area contributed by atoms with Gasteiger partial charge in [0.15, 0.2) is 11.6 Å². The van der Waals surface area contributed by atoms with E-state index in [0.717, 1.165) is 37.8 Å². The molecule has 4 rings (SSSR count). The lowest BCUT2D eigenvalue weighted by Gasteiger charge is -2.18. The topological polar surface area (TPSA) is 108 Å². The number of hydrogen-bond donors (Lipinski definition) is 2. The van der Waals surface area contributed by atoms with Crippen LogP contribution in [0.1, 0.15) is 60.2 Å². The highest BCUT2D eigenvalue weighted by molar-refractivity contribution is 7.90. The van der Waals surface area contributed by atoms with Crippen LogP contribution in [0.3, 0.4) is 0 Å². The number of halogens is 2. The molecule has 1 fully saturated rings. The van der Waals surface area contributed by atoms with Gasteiger partial charge >= 0.3 is 0 Å². The average molecular weight is 531 g/mol. The maximum absolute atomic E-state index is 14.8. The van der Waals surface area contributed by atoms with Crippen molar-refractivity contribution in [3.63, 3.8) is 0 Å². The number of ether oxygens (including phenoxy) is 2. The number of amides is 1. The maximum Gasteiger partial charge on any atom is 0.268 e. The highest BCUT2D eigenvalue weighted by Crippen LogP contribution is 2.30. The minimum absolute atomic E-state index is 0.172. The van der Waals surface area contributed by atoms with Gasteiger partial charge in [0.05, 0.1) is 16.6 Å². The summed E-state index contributed by atoms with van der Waals surface area (Å²) in [7, 11) is -4.31. The number of carbonyl (C=O) groups is 1. The van der Waals surface area contributed by atoms with Crippen molar-refractivity contribution in [2.75, 3.05) is 0 Å². The Bertz CT molecular complexity index is 1370. The van der Waals surface area contributed by atoms with E-state index in [1.165, 1.54) is 24.3 Å². The molecule has 1 unspecified atom stereocenters. The zero-order chi connectivity index (χ0) is 26.6. The molecule has 1 saturated carbocycles. The van der Waals surface area contributed by atoms with E-state index in [1.54, 1.807) is 29.8 Å². The van der Waals surface area contributed by atoms with Crippen LogP contribution in [0.25, 0.3) is 0 Å². The summed E-state index contributed by atoms with van der Waals surface area (Å²) in [5, 5.41) is 0. The molecule has 1 aliphatic carbocycles. The molecule has 3 N–H and O–H groups in total. The van der Waals surface area contributed by atoms with Crippen molar-refractivity contribution in [1.29, 1.82) is 0 Å². The van der Waals surface area contributed by atoms with Crippen molar-refractivity contribution in [1.82, 2.24) is 4.72 Å². The van der Waals surface area contributed by atoms with Crippen molar-refractivity contribution in [3.8, 4) is 11.5 Å². The molecule has 3 aromatic rings. The lowest BCUT2D eigenvalue weighted by atomic mass is 10.1. The van der Waals surface area contributed by atoms with Gasteiger partial charge in [-0.1, -0.05) is 24.3 Å². The van der Waals surface area contributed by atoms with E-state index in [4.69, 9.17) is 15.2 Å². The summed E-state index contributed by atoms with van der Waals surface area (Å²) < 4.78 is 68.0. The first-order chi connectivity index (χ1) is 17.7. The van der Waals surface area contributed by atoms with Crippen LogP contribution < -0.4 is 19.9 Å². The predicted molar refractivity (Wildman–Crippen MR) is 134 cm³/mol. The van der Waals surface area contributed by atoms with Gasteiger partial charge < -0.3 is 15.2 Å². The maximum atomic E-state index is 14.8. The van der Waals surface area contributed by atoms with Gasteiger partial charge in [-0.2, -0.15) is 4.39 Å². The summed E-state index contributed by atoms with van der Waals surface area (Å²) in [6.07, 6.45) is 3.79. The number of nitrogens with two attached hydrogens (primary N) is 1. The minimum Gasteiger partial charge on any atom is -0.490 e. The summed E-state index contributed by atoms with van der Waals surface area (Å²) in [6.45, 7) is 1.89. The molecule has 0 aliphatic heterocycles. The molecular weight excluding hydrogens is 502 g/mol. The molecule has 37 heavy (non-hydrogen) atoms. The molecule has 1 amide bonds. The zero-order valence-corrected chi connectivity index (χ0v) is 21.1. The van der Waals surface area contributed by atoms with Crippen molar-refractivity contribution in [3.05, 3.63) is 89.0 Å². The molecule has 0 aromatic heterocycles. The van der Waals surface area contributed by atoms with Gasteiger partial charge in [0, 0.05) is 6.54 Å². The Kier molecular flexibility index (Phi) is 8.09. The second-order valence-electron chi connectivity index (χ2n) is 8.88. The fourth-order valence-corrected chi connectivity index (χ4v) is 5.10. The van der Waals surface area contributed by atoms with Crippen LogP contribution in [-0.4, -0.2) is 20.4 Å². The monoisotopic (exact) mass is 530 g/mol. The van der Waals surface area contributed by atoms with Gasteiger partial charge in [-0.3, -0.25) is 4.79 Å². The van der Waals surface area contributed by atoms with Crippen LogP contribution in [0.2, 0.25) is 0 Å².